The Bertz CT molecular complexity index is 540. The maximum absolute atomic E-state index is 12.2. The minimum absolute atomic E-state index is 0.111. The minimum atomic E-state index is -0.689. The van der Waals surface area contributed by atoms with Crippen LogP contribution < -0.4 is 0 Å². The lowest BCUT2D eigenvalue weighted by Crippen LogP contribution is -2.43. The number of hydrogen-bond donors (Lipinski definition) is 0. The molecule has 2 bridgehead atoms. The molecule has 6 unspecified atom stereocenters. The Hall–Kier alpha value is -1.89. The normalized spacial score (nSPS) is 37.8. The second-order valence-electron chi connectivity index (χ2n) is 5.98. The molecule has 1 heterocycles. The summed E-state index contributed by atoms with van der Waals surface area (Å²) >= 11 is 0. The molecule has 2 saturated carbocycles. The third-order valence-electron chi connectivity index (χ3n) is 4.67. The smallest absolute Gasteiger partial charge is 0.346 e. The molecule has 0 spiro atoms. The molecule has 0 N–H and O–H groups in total. The summed E-state index contributed by atoms with van der Waals surface area (Å²) in [4.78, 5) is 45.4. The van der Waals surface area contributed by atoms with Gasteiger partial charge in [-0.1, -0.05) is 6.58 Å². The molecule has 6 atom stereocenters. The average Bonchev–Trinajstić information content (AvgIpc) is 3.07. The Morgan fingerprint density at radius 2 is 2.09 bits per heavy atom. The summed E-state index contributed by atoms with van der Waals surface area (Å²) in [6.45, 7) is 6.98. The van der Waals surface area contributed by atoms with Crippen LogP contribution in [0.1, 0.15) is 20.3 Å². The standard InChI is InChI=1S/C15H18O7/c1-4-19-22-15(18)10-8-5-7-9(10)14(17)21-12(7)11(8)20-13(16)6(2)3/h7-12H,2,4-5H2,1,3H3. The van der Waals surface area contributed by atoms with Gasteiger partial charge in [0, 0.05) is 17.4 Å². The van der Waals surface area contributed by atoms with Gasteiger partial charge in [0.15, 0.2) is 0 Å². The van der Waals surface area contributed by atoms with Crippen molar-refractivity contribution in [1.29, 1.82) is 0 Å². The van der Waals surface area contributed by atoms with Gasteiger partial charge in [-0.15, -0.1) is 0 Å². The van der Waals surface area contributed by atoms with Crippen molar-refractivity contribution in [1.82, 2.24) is 0 Å². The molecule has 22 heavy (non-hydrogen) atoms. The summed E-state index contributed by atoms with van der Waals surface area (Å²) in [7, 11) is 0. The lowest BCUT2D eigenvalue weighted by atomic mass is 9.78. The van der Waals surface area contributed by atoms with E-state index in [9.17, 15) is 14.4 Å². The Morgan fingerprint density at radius 3 is 2.73 bits per heavy atom. The third kappa shape index (κ3) is 2.11. The van der Waals surface area contributed by atoms with Crippen LogP contribution >= 0.6 is 0 Å². The Labute approximate surface area is 127 Å². The highest BCUT2D eigenvalue weighted by Crippen LogP contribution is 2.59. The number of ether oxygens (including phenoxy) is 2. The first-order chi connectivity index (χ1) is 10.5. The fourth-order valence-electron chi connectivity index (χ4n) is 3.87. The van der Waals surface area contributed by atoms with E-state index in [1.54, 1.807) is 13.8 Å². The van der Waals surface area contributed by atoms with E-state index >= 15 is 0 Å². The molecule has 1 saturated heterocycles. The fraction of sp³-hybridized carbons (Fsp3) is 0.667. The second kappa shape index (κ2) is 5.39. The largest absolute Gasteiger partial charge is 0.458 e. The van der Waals surface area contributed by atoms with Crippen LogP contribution in [0.2, 0.25) is 0 Å². The van der Waals surface area contributed by atoms with Crippen LogP contribution in [0.5, 0.6) is 0 Å². The third-order valence-corrected chi connectivity index (χ3v) is 4.67. The van der Waals surface area contributed by atoms with Crippen LogP contribution in [0.15, 0.2) is 12.2 Å². The van der Waals surface area contributed by atoms with Crippen molar-refractivity contribution in [2.45, 2.75) is 32.5 Å². The number of carbonyl (C=O) groups excluding carboxylic acids is 3. The zero-order valence-corrected chi connectivity index (χ0v) is 12.4. The lowest BCUT2D eigenvalue weighted by Gasteiger charge is -2.29. The summed E-state index contributed by atoms with van der Waals surface area (Å²) in [6.07, 6.45) is -0.501. The molecule has 3 aliphatic rings. The Balaban J connectivity index is 1.81. The van der Waals surface area contributed by atoms with E-state index in [1.165, 1.54) is 0 Å². The zero-order chi connectivity index (χ0) is 16.0. The maximum atomic E-state index is 12.2. The van der Waals surface area contributed by atoms with Gasteiger partial charge in [0.25, 0.3) is 0 Å². The van der Waals surface area contributed by atoms with Gasteiger partial charge in [-0.3, -0.25) is 9.68 Å². The number of fused-ring (bicyclic) bond motifs is 1. The van der Waals surface area contributed by atoms with E-state index in [0.717, 1.165) is 0 Å². The number of hydrogen-bond acceptors (Lipinski definition) is 7. The summed E-state index contributed by atoms with van der Waals surface area (Å²) in [6, 6.07) is 0. The molecule has 2 aliphatic carbocycles. The minimum Gasteiger partial charge on any atom is -0.458 e. The van der Waals surface area contributed by atoms with E-state index in [2.05, 4.69) is 11.5 Å². The van der Waals surface area contributed by atoms with Gasteiger partial charge >= 0.3 is 17.9 Å². The Kier molecular flexibility index (Phi) is 3.68. The first-order valence-electron chi connectivity index (χ1n) is 7.36. The lowest BCUT2D eigenvalue weighted by molar-refractivity contribution is -0.276. The Morgan fingerprint density at radius 1 is 1.36 bits per heavy atom. The topological polar surface area (TPSA) is 88.1 Å². The van der Waals surface area contributed by atoms with E-state index < -0.39 is 42.0 Å². The molecule has 0 aromatic carbocycles. The maximum Gasteiger partial charge on any atom is 0.346 e. The molecule has 0 aromatic heterocycles. The van der Waals surface area contributed by atoms with Crippen LogP contribution in [0.4, 0.5) is 0 Å². The van der Waals surface area contributed by atoms with Gasteiger partial charge in [-0.05, 0) is 20.3 Å². The van der Waals surface area contributed by atoms with Gasteiger partial charge in [0.1, 0.15) is 12.2 Å². The van der Waals surface area contributed by atoms with Crippen molar-refractivity contribution in [2.24, 2.45) is 23.7 Å². The number of esters is 2. The van der Waals surface area contributed by atoms with Gasteiger partial charge < -0.3 is 9.47 Å². The molecular formula is C15H18O7. The van der Waals surface area contributed by atoms with Crippen molar-refractivity contribution in [2.75, 3.05) is 6.61 Å². The number of carbonyl (C=O) groups is 3. The highest BCUT2D eigenvalue weighted by atomic mass is 17.2. The highest BCUT2D eigenvalue weighted by molar-refractivity contribution is 5.88. The van der Waals surface area contributed by atoms with Gasteiger partial charge in [0.2, 0.25) is 0 Å². The van der Waals surface area contributed by atoms with E-state index in [0.29, 0.717) is 6.42 Å². The van der Waals surface area contributed by atoms with E-state index in [4.69, 9.17) is 14.4 Å². The van der Waals surface area contributed by atoms with E-state index in [-0.39, 0.29) is 24.0 Å². The van der Waals surface area contributed by atoms with E-state index in [1.807, 2.05) is 0 Å². The summed E-state index contributed by atoms with van der Waals surface area (Å²) < 4.78 is 10.7. The molecule has 0 aromatic rings. The molecular weight excluding hydrogens is 292 g/mol. The van der Waals surface area contributed by atoms with Crippen LogP contribution in [-0.4, -0.2) is 36.7 Å². The van der Waals surface area contributed by atoms with Crippen LogP contribution in [0, 0.1) is 23.7 Å². The van der Waals surface area contributed by atoms with Crippen molar-refractivity contribution >= 4 is 17.9 Å². The first kappa shape index (κ1) is 15.0. The zero-order valence-electron chi connectivity index (χ0n) is 12.4. The van der Waals surface area contributed by atoms with Crippen LogP contribution in [-0.2, 0) is 33.6 Å². The van der Waals surface area contributed by atoms with Crippen molar-refractivity contribution in [3.05, 3.63) is 12.2 Å². The average molecular weight is 310 g/mol. The quantitative estimate of drug-likeness (QED) is 0.321. The molecule has 0 amide bonds. The predicted molar refractivity (Wildman–Crippen MR) is 70.9 cm³/mol. The number of rotatable bonds is 5. The van der Waals surface area contributed by atoms with Crippen LogP contribution in [0.25, 0.3) is 0 Å². The molecule has 1 aliphatic heterocycles. The first-order valence-corrected chi connectivity index (χ1v) is 7.36. The molecule has 7 heteroatoms. The second-order valence-corrected chi connectivity index (χ2v) is 5.98. The summed E-state index contributed by atoms with van der Waals surface area (Å²) in [5, 5.41) is 0. The van der Waals surface area contributed by atoms with Crippen molar-refractivity contribution in [3.63, 3.8) is 0 Å². The van der Waals surface area contributed by atoms with Gasteiger partial charge in [-0.25, -0.2) is 9.59 Å². The van der Waals surface area contributed by atoms with Gasteiger partial charge in [-0.2, -0.15) is 4.89 Å². The summed E-state index contributed by atoms with van der Waals surface area (Å²) in [5.74, 6) is -3.19. The fourth-order valence-corrected chi connectivity index (χ4v) is 3.87. The van der Waals surface area contributed by atoms with Crippen molar-refractivity contribution in [3.8, 4) is 0 Å². The summed E-state index contributed by atoms with van der Waals surface area (Å²) in [5.41, 5.74) is 0.261. The molecule has 120 valence electrons. The molecule has 0 radical (unpaired) electrons. The van der Waals surface area contributed by atoms with Crippen LogP contribution in [0.3, 0.4) is 0 Å². The van der Waals surface area contributed by atoms with Crippen molar-refractivity contribution < 1.29 is 33.6 Å². The molecule has 3 fully saturated rings. The molecule has 3 rings (SSSR count). The monoisotopic (exact) mass is 310 g/mol. The highest BCUT2D eigenvalue weighted by Gasteiger charge is 2.70. The predicted octanol–water partition coefficient (Wildman–Crippen LogP) is 0.776. The van der Waals surface area contributed by atoms with Gasteiger partial charge in [0.05, 0.1) is 18.4 Å². The SMILES string of the molecule is C=C(C)C(=O)OC1C2CC3C1OC(=O)C3C2C(=O)OOCC. The molecule has 7 nitrogen and oxygen atoms in total.